The normalized spacial score (nSPS) is 28.6. The van der Waals surface area contributed by atoms with E-state index in [2.05, 4.69) is 20.8 Å². The molecule has 0 heterocycles. The van der Waals surface area contributed by atoms with Crippen LogP contribution in [0.25, 0.3) is 0 Å². The molecule has 0 radical (unpaired) electrons. The van der Waals surface area contributed by atoms with Crippen molar-refractivity contribution >= 4 is 6.29 Å². The van der Waals surface area contributed by atoms with Gasteiger partial charge in [-0.15, -0.1) is 0 Å². The van der Waals surface area contributed by atoms with Crippen LogP contribution in [0.3, 0.4) is 0 Å². The first-order valence-electron chi connectivity index (χ1n) is 5.19. The summed E-state index contributed by atoms with van der Waals surface area (Å²) in [7, 11) is 0. The second kappa shape index (κ2) is 3.59. The second-order valence-corrected chi connectivity index (χ2v) is 4.07. The molecule has 0 N–H and O–H groups in total. The summed E-state index contributed by atoms with van der Waals surface area (Å²) >= 11 is 0. The maximum atomic E-state index is 10.6. The fourth-order valence-corrected chi connectivity index (χ4v) is 2.61. The van der Waals surface area contributed by atoms with Gasteiger partial charge in [-0.05, 0) is 17.8 Å². The van der Waals surface area contributed by atoms with Crippen molar-refractivity contribution in [1.29, 1.82) is 0 Å². The zero-order valence-corrected chi connectivity index (χ0v) is 8.47. The Morgan fingerprint density at radius 3 is 2.00 bits per heavy atom. The number of hydrogen-bond donors (Lipinski definition) is 0. The van der Waals surface area contributed by atoms with Crippen LogP contribution in [-0.4, -0.2) is 6.29 Å². The van der Waals surface area contributed by atoms with E-state index in [1.807, 2.05) is 0 Å². The van der Waals surface area contributed by atoms with Gasteiger partial charge in [0.1, 0.15) is 6.29 Å². The molecule has 0 aromatic rings. The van der Waals surface area contributed by atoms with Gasteiger partial charge in [0.2, 0.25) is 0 Å². The average molecular weight is 168 g/mol. The lowest BCUT2D eigenvalue weighted by atomic mass is 9.74. The predicted octanol–water partition coefficient (Wildman–Crippen LogP) is 3.04. The molecule has 0 aliphatic heterocycles. The summed E-state index contributed by atoms with van der Waals surface area (Å²) < 4.78 is 0. The molecule has 70 valence electrons. The summed E-state index contributed by atoms with van der Waals surface area (Å²) in [6.07, 6.45) is 6.00. The molecule has 1 saturated carbocycles. The van der Waals surface area contributed by atoms with Gasteiger partial charge in [0, 0.05) is 5.92 Å². The van der Waals surface area contributed by atoms with Crippen LogP contribution in [0.4, 0.5) is 0 Å². The lowest BCUT2D eigenvalue weighted by Crippen LogP contribution is -2.21. The molecule has 1 nitrogen and oxygen atoms in total. The van der Waals surface area contributed by atoms with Gasteiger partial charge in [-0.25, -0.2) is 0 Å². The number of hydrogen-bond acceptors (Lipinski definition) is 1. The molecule has 1 aliphatic carbocycles. The Labute approximate surface area is 75.5 Å². The van der Waals surface area contributed by atoms with Crippen molar-refractivity contribution in [3.8, 4) is 0 Å². The van der Waals surface area contributed by atoms with E-state index in [1.54, 1.807) is 0 Å². The molecule has 1 fully saturated rings. The highest BCUT2D eigenvalue weighted by Gasteiger charge is 2.49. The van der Waals surface area contributed by atoms with E-state index in [1.165, 1.54) is 19.3 Å². The standard InChI is InChI=1S/C11H20O/c1-4-11(5-2,6-3)10-7-9(10)8-12/h8-10H,4-7H2,1-3H3/t9-,10+/m1/s1. The van der Waals surface area contributed by atoms with Crippen molar-refractivity contribution in [3.63, 3.8) is 0 Å². The summed E-state index contributed by atoms with van der Waals surface area (Å²) in [5.74, 6) is 1.10. The van der Waals surface area contributed by atoms with Crippen molar-refractivity contribution in [2.75, 3.05) is 0 Å². The number of carbonyl (C=O) groups is 1. The van der Waals surface area contributed by atoms with E-state index < -0.39 is 0 Å². The van der Waals surface area contributed by atoms with Gasteiger partial charge < -0.3 is 4.79 Å². The maximum absolute atomic E-state index is 10.6. The zero-order valence-electron chi connectivity index (χ0n) is 8.47. The molecule has 1 rings (SSSR count). The van der Waals surface area contributed by atoms with Crippen molar-refractivity contribution in [2.45, 2.75) is 46.5 Å². The topological polar surface area (TPSA) is 17.1 Å². The van der Waals surface area contributed by atoms with Crippen molar-refractivity contribution in [3.05, 3.63) is 0 Å². The highest BCUT2D eigenvalue weighted by Crippen LogP contribution is 2.55. The van der Waals surface area contributed by atoms with E-state index >= 15 is 0 Å². The molecule has 0 bridgehead atoms. The third kappa shape index (κ3) is 1.41. The zero-order chi connectivity index (χ0) is 9.19. The number of carbonyl (C=O) groups excluding carboxylic acids is 1. The minimum atomic E-state index is 0.393. The maximum Gasteiger partial charge on any atom is 0.123 e. The Morgan fingerprint density at radius 2 is 1.75 bits per heavy atom. The Balaban J connectivity index is 2.60. The summed E-state index contributed by atoms with van der Waals surface area (Å²) in [6, 6.07) is 0. The number of aldehydes is 1. The fourth-order valence-electron chi connectivity index (χ4n) is 2.61. The third-order valence-electron chi connectivity index (χ3n) is 3.91. The molecule has 0 spiro atoms. The van der Waals surface area contributed by atoms with Crippen LogP contribution in [-0.2, 0) is 4.79 Å². The predicted molar refractivity (Wildman–Crippen MR) is 51.0 cm³/mol. The minimum Gasteiger partial charge on any atom is -0.303 e. The molecule has 0 aromatic heterocycles. The third-order valence-corrected chi connectivity index (χ3v) is 3.91. The van der Waals surface area contributed by atoms with Crippen LogP contribution in [0.5, 0.6) is 0 Å². The highest BCUT2D eigenvalue weighted by atomic mass is 16.1. The molecule has 1 aliphatic rings. The molecule has 0 aromatic carbocycles. The van der Waals surface area contributed by atoms with Crippen LogP contribution >= 0.6 is 0 Å². The summed E-state index contributed by atoms with van der Waals surface area (Å²) in [6.45, 7) is 6.77. The van der Waals surface area contributed by atoms with Gasteiger partial charge in [0.25, 0.3) is 0 Å². The second-order valence-electron chi connectivity index (χ2n) is 4.07. The van der Waals surface area contributed by atoms with Gasteiger partial charge in [-0.3, -0.25) is 0 Å². The molecular weight excluding hydrogens is 148 g/mol. The smallest absolute Gasteiger partial charge is 0.123 e. The molecule has 0 saturated heterocycles. The fraction of sp³-hybridized carbons (Fsp3) is 0.909. The molecule has 12 heavy (non-hydrogen) atoms. The van der Waals surface area contributed by atoms with Crippen molar-refractivity contribution in [2.24, 2.45) is 17.3 Å². The Morgan fingerprint density at radius 1 is 1.25 bits per heavy atom. The SMILES string of the molecule is CCC(CC)(CC)[C@H]1C[C@@H]1C=O. The molecule has 0 amide bonds. The van der Waals surface area contributed by atoms with Crippen molar-refractivity contribution in [1.82, 2.24) is 0 Å². The first-order valence-corrected chi connectivity index (χ1v) is 5.19. The Bertz CT molecular complexity index is 150. The van der Waals surface area contributed by atoms with Crippen LogP contribution < -0.4 is 0 Å². The van der Waals surface area contributed by atoms with Gasteiger partial charge in [0.05, 0.1) is 0 Å². The minimum absolute atomic E-state index is 0.393. The first-order chi connectivity index (χ1) is 5.74. The van der Waals surface area contributed by atoms with E-state index in [9.17, 15) is 4.79 Å². The molecule has 0 unspecified atom stereocenters. The van der Waals surface area contributed by atoms with Gasteiger partial charge in [-0.2, -0.15) is 0 Å². The number of rotatable bonds is 5. The molecule has 1 heteroatoms. The molecular formula is C11H20O. The Kier molecular flexibility index (Phi) is 2.92. The van der Waals surface area contributed by atoms with Crippen LogP contribution in [0.2, 0.25) is 0 Å². The van der Waals surface area contributed by atoms with Gasteiger partial charge >= 0.3 is 0 Å². The summed E-state index contributed by atoms with van der Waals surface area (Å²) in [5, 5.41) is 0. The van der Waals surface area contributed by atoms with Gasteiger partial charge in [-0.1, -0.05) is 40.0 Å². The lowest BCUT2D eigenvalue weighted by Gasteiger charge is -2.30. The van der Waals surface area contributed by atoms with E-state index in [-0.39, 0.29) is 0 Å². The largest absolute Gasteiger partial charge is 0.303 e. The summed E-state index contributed by atoms with van der Waals surface area (Å²) in [5.41, 5.74) is 0.478. The van der Waals surface area contributed by atoms with E-state index in [4.69, 9.17) is 0 Å². The molecule has 2 atom stereocenters. The first kappa shape index (κ1) is 9.76. The van der Waals surface area contributed by atoms with Crippen LogP contribution in [0, 0.1) is 17.3 Å². The van der Waals surface area contributed by atoms with Crippen LogP contribution in [0.15, 0.2) is 0 Å². The Hall–Kier alpha value is -0.330. The average Bonchev–Trinajstić information content (AvgIpc) is 2.89. The van der Waals surface area contributed by atoms with Crippen molar-refractivity contribution < 1.29 is 4.79 Å². The van der Waals surface area contributed by atoms with Crippen LogP contribution in [0.1, 0.15) is 46.5 Å². The lowest BCUT2D eigenvalue weighted by molar-refractivity contribution is -0.109. The monoisotopic (exact) mass is 168 g/mol. The quantitative estimate of drug-likeness (QED) is 0.577. The van der Waals surface area contributed by atoms with E-state index in [0.29, 0.717) is 17.3 Å². The highest BCUT2D eigenvalue weighted by molar-refractivity contribution is 5.58. The van der Waals surface area contributed by atoms with E-state index in [0.717, 1.165) is 12.7 Å². The summed E-state index contributed by atoms with van der Waals surface area (Å²) in [4.78, 5) is 10.6. The van der Waals surface area contributed by atoms with Gasteiger partial charge in [0.15, 0.2) is 0 Å².